The first-order chi connectivity index (χ1) is 47.6. The molecule has 0 radical (unpaired) electrons. The summed E-state index contributed by atoms with van der Waals surface area (Å²) in [6.07, 6.45) is 8.48. The zero-order valence-electron chi connectivity index (χ0n) is 52.9. The Morgan fingerprint density at radius 2 is 0.948 bits per heavy atom. The Balaban J connectivity index is 0.651. The van der Waals surface area contributed by atoms with Crippen LogP contribution in [-0.4, -0.2) is 15.7 Å². The Morgan fingerprint density at radius 3 is 1.71 bits per heavy atom. The predicted octanol–water partition coefficient (Wildman–Crippen LogP) is 24.4. The number of nitrogens with zero attached hydrogens (tertiary/aromatic N) is 3. The van der Waals surface area contributed by atoms with Crippen molar-refractivity contribution in [3.63, 3.8) is 0 Å². The molecule has 1 aromatic heterocycles. The Kier molecular flexibility index (Phi) is 13.2. The van der Waals surface area contributed by atoms with Crippen LogP contribution in [0, 0.1) is 0 Å². The van der Waals surface area contributed by atoms with Crippen molar-refractivity contribution < 1.29 is 0 Å². The average molecular weight is 1230 g/mol. The zero-order chi connectivity index (χ0) is 63.2. The lowest BCUT2D eigenvalue weighted by atomic mass is 9.83. The third-order valence-electron chi connectivity index (χ3n) is 20.5. The number of allylic oxidation sites excluding steroid dienone is 1. The maximum Gasteiger partial charge on any atom is 0.145 e. The van der Waals surface area contributed by atoms with E-state index in [1.165, 1.54) is 137 Å². The minimum Gasteiger partial charge on any atom is -0.363 e. The molecule has 0 bridgehead atoms. The van der Waals surface area contributed by atoms with Gasteiger partial charge < -0.3 is 10.2 Å². The molecular weight excluding hydrogens is 1160 g/mol. The molecule has 4 heteroatoms. The van der Waals surface area contributed by atoms with E-state index >= 15 is 0 Å². The number of benzene rings is 16. The Hall–Kier alpha value is -12.1. The Labute approximate surface area is 558 Å². The van der Waals surface area contributed by atoms with Gasteiger partial charge in [0.2, 0.25) is 0 Å². The van der Waals surface area contributed by atoms with E-state index in [1.54, 1.807) is 0 Å². The van der Waals surface area contributed by atoms with Gasteiger partial charge in [0.05, 0.1) is 22.4 Å². The van der Waals surface area contributed by atoms with Gasteiger partial charge in [-0.1, -0.05) is 267 Å². The molecule has 0 saturated carbocycles. The zero-order valence-corrected chi connectivity index (χ0v) is 52.9. The quantitative estimate of drug-likeness (QED) is 0.131. The SMILES string of the molecule is C1=Cc2ccc(-c3c4ccccc4c(-c4ccc5ccccc5c4)c4cc(-c5ccc(-c6nc7cc(CCC8Nc9ccccc9N8c8ccc(-c9c%10ccccc%10c(-c%10cccc%11ccccc%10%11)c%10ccccc9%10)cc8)ccc7n6-c6ccccc6)cc5)ccc34)cc2CC1. The Bertz CT molecular complexity index is 5930. The fraction of sp³-hybridized carbons (Fsp3) is 0.0543. The number of aromatic nitrogens is 2. The van der Waals surface area contributed by atoms with Crippen molar-refractivity contribution in [1.29, 1.82) is 0 Å². The highest BCUT2D eigenvalue weighted by atomic mass is 15.3. The average Bonchev–Trinajstić information content (AvgIpc) is 1.06. The number of hydrogen-bond donors (Lipinski definition) is 1. The van der Waals surface area contributed by atoms with Gasteiger partial charge in [-0.05, 0) is 223 Å². The highest BCUT2D eigenvalue weighted by molar-refractivity contribution is 6.25. The van der Waals surface area contributed by atoms with E-state index in [9.17, 15) is 0 Å². The highest BCUT2D eigenvalue weighted by Gasteiger charge is 2.30. The molecule has 96 heavy (non-hydrogen) atoms. The summed E-state index contributed by atoms with van der Waals surface area (Å²) in [6, 6.07) is 117. The van der Waals surface area contributed by atoms with Crippen molar-refractivity contribution in [1.82, 2.24) is 9.55 Å². The summed E-state index contributed by atoms with van der Waals surface area (Å²) in [4.78, 5) is 8.03. The first-order valence-electron chi connectivity index (χ1n) is 33.7. The van der Waals surface area contributed by atoms with Gasteiger partial charge in [0.25, 0.3) is 0 Å². The van der Waals surface area contributed by atoms with Gasteiger partial charge in [0.15, 0.2) is 0 Å². The van der Waals surface area contributed by atoms with E-state index in [0.29, 0.717) is 0 Å². The second kappa shape index (κ2) is 22.9. The molecule has 1 N–H and O–H groups in total. The fourth-order valence-electron chi connectivity index (χ4n) is 16.0. The van der Waals surface area contributed by atoms with E-state index in [0.717, 1.165) is 70.7 Å². The predicted molar refractivity (Wildman–Crippen MR) is 407 cm³/mol. The lowest BCUT2D eigenvalue weighted by Crippen LogP contribution is -2.32. The summed E-state index contributed by atoms with van der Waals surface area (Å²) in [7, 11) is 0. The van der Waals surface area contributed by atoms with Crippen LogP contribution in [0.5, 0.6) is 0 Å². The van der Waals surface area contributed by atoms with Crippen LogP contribution in [-0.2, 0) is 12.8 Å². The monoisotopic (exact) mass is 1220 g/mol. The van der Waals surface area contributed by atoms with Crippen LogP contribution in [0.25, 0.3) is 154 Å². The molecular formula is C92H64N4. The summed E-state index contributed by atoms with van der Waals surface area (Å²) in [6.45, 7) is 0. The first-order valence-corrected chi connectivity index (χ1v) is 33.7. The third kappa shape index (κ3) is 9.31. The molecule has 1 atom stereocenters. The number of rotatable bonds is 11. The normalized spacial score (nSPS) is 13.5. The van der Waals surface area contributed by atoms with Crippen LogP contribution in [0.2, 0.25) is 0 Å². The molecule has 1 aliphatic heterocycles. The largest absolute Gasteiger partial charge is 0.363 e. The van der Waals surface area contributed by atoms with Crippen molar-refractivity contribution in [2.75, 3.05) is 10.2 Å². The molecule has 19 rings (SSSR count). The smallest absolute Gasteiger partial charge is 0.145 e. The lowest BCUT2D eigenvalue weighted by Gasteiger charge is -2.27. The Morgan fingerprint density at radius 1 is 0.375 bits per heavy atom. The van der Waals surface area contributed by atoms with Crippen molar-refractivity contribution in [3.8, 4) is 72.7 Å². The van der Waals surface area contributed by atoms with Gasteiger partial charge in [-0.2, -0.15) is 0 Å². The van der Waals surface area contributed by atoms with Gasteiger partial charge in [-0.25, -0.2) is 4.98 Å². The van der Waals surface area contributed by atoms with Gasteiger partial charge in [-0.15, -0.1) is 0 Å². The summed E-state index contributed by atoms with van der Waals surface area (Å²) in [5, 5.41) is 19.0. The van der Waals surface area contributed by atoms with E-state index in [1.807, 2.05) is 0 Å². The topological polar surface area (TPSA) is 33.1 Å². The number of fused-ring (bicyclic) bond motifs is 9. The molecule has 0 spiro atoms. The van der Waals surface area contributed by atoms with Crippen molar-refractivity contribution >= 4 is 98.8 Å². The van der Waals surface area contributed by atoms with Crippen LogP contribution in [0.15, 0.2) is 322 Å². The van der Waals surface area contributed by atoms with E-state index < -0.39 is 0 Å². The molecule has 1 unspecified atom stereocenters. The summed E-state index contributed by atoms with van der Waals surface area (Å²) in [5.74, 6) is 0.915. The minimum absolute atomic E-state index is 0.0303. The van der Waals surface area contributed by atoms with Crippen molar-refractivity contribution in [3.05, 3.63) is 338 Å². The number of hydrogen-bond acceptors (Lipinski definition) is 3. The van der Waals surface area contributed by atoms with Gasteiger partial charge in [0, 0.05) is 16.9 Å². The molecule has 1 aliphatic carbocycles. The van der Waals surface area contributed by atoms with Crippen LogP contribution in [0.3, 0.4) is 0 Å². The minimum atomic E-state index is 0.0303. The highest BCUT2D eigenvalue weighted by Crippen LogP contribution is 2.49. The van der Waals surface area contributed by atoms with Crippen molar-refractivity contribution in [2.24, 2.45) is 0 Å². The summed E-state index contributed by atoms with van der Waals surface area (Å²) in [5.41, 5.74) is 24.0. The maximum absolute atomic E-state index is 5.54. The molecule has 0 amide bonds. The number of para-hydroxylation sites is 3. The number of anilines is 3. The first kappa shape index (κ1) is 55.5. The maximum atomic E-state index is 5.54. The third-order valence-corrected chi connectivity index (χ3v) is 20.5. The molecule has 17 aromatic rings. The molecule has 4 nitrogen and oxygen atoms in total. The summed E-state index contributed by atoms with van der Waals surface area (Å²) >= 11 is 0. The van der Waals surface area contributed by atoms with Gasteiger partial charge in [0.1, 0.15) is 12.0 Å². The molecule has 2 aliphatic rings. The lowest BCUT2D eigenvalue weighted by molar-refractivity contribution is 0.680. The van der Waals surface area contributed by atoms with Crippen LogP contribution >= 0.6 is 0 Å². The number of aryl methyl sites for hydroxylation is 2. The van der Waals surface area contributed by atoms with Gasteiger partial charge in [-0.3, -0.25) is 4.57 Å². The molecule has 2 heterocycles. The summed E-state index contributed by atoms with van der Waals surface area (Å²) < 4.78 is 2.33. The standard InChI is InChI=1S/C92H64N4/c1-2-25-71(26-3-1)96-86-53-37-59(38-54-87-93-83-35-16-17-36-85(83)95(87)72-50-47-64(48-51-72)88-77-30-12-14-32-79(77)91(80-33-15-13-31-78(80)88)74-34-18-24-63-21-8-9-27-73(63)74)55-84(86)94-92(96)65-43-39-62(40-44-65)68-49-52-81-82(58-68)90(70-46-42-61-20-5-7-23-67(61)57-70)76-29-11-10-28-75(76)89(81)69-45-41-60-19-4-6-22-66(60)56-69/h1-5,7-21,23-37,39-53,55-58,87,93H,6,22,38,54H2. The van der Waals surface area contributed by atoms with E-state index in [-0.39, 0.29) is 6.17 Å². The fourth-order valence-corrected chi connectivity index (χ4v) is 16.0. The molecule has 0 saturated heterocycles. The van der Waals surface area contributed by atoms with Crippen molar-refractivity contribution in [2.45, 2.75) is 31.8 Å². The molecule has 16 aromatic carbocycles. The molecule has 0 fully saturated rings. The number of nitrogens with one attached hydrogen (secondary N) is 1. The van der Waals surface area contributed by atoms with Crippen LogP contribution in [0.1, 0.15) is 29.5 Å². The van der Waals surface area contributed by atoms with E-state index in [4.69, 9.17) is 4.98 Å². The molecule has 452 valence electrons. The second-order valence-corrected chi connectivity index (χ2v) is 26.0. The van der Waals surface area contributed by atoms with Crippen LogP contribution < -0.4 is 10.2 Å². The van der Waals surface area contributed by atoms with Crippen LogP contribution in [0.4, 0.5) is 17.1 Å². The van der Waals surface area contributed by atoms with Gasteiger partial charge >= 0.3 is 0 Å². The number of imidazole rings is 1. The van der Waals surface area contributed by atoms with E-state index in [2.05, 4.69) is 342 Å². The second-order valence-electron chi connectivity index (χ2n) is 26.0.